The average Bonchev–Trinajstić information content (AvgIpc) is 2.07. The molecule has 0 saturated carbocycles. The van der Waals surface area contributed by atoms with Crippen LogP contribution in [0.5, 0.6) is 0 Å². The third kappa shape index (κ3) is 1.85. The monoisotopic (exact) mass is 216 g/mol. The zero-order valence-corrected chi connectivity index (χ0v) is 8.41. The smallest absolute Gasteiger partial charge is 0.356 e. The Bertz CT molecular complexity index is 380. The number of nitrogens with zero attached hydrogens (tertiary/aromatic N) is 3. The molecule has 0 amide bonds. The van der Waals surface area contributed by atoms with Gasteiger partial charge in [0.1, 0.15) is 5.02 Å². The molecule has 1 aromatic rings. The van der Waals surface area contributed by atoms with Crippen LogP contribution < -0.4 is 10.6 Å². The van der Waals surface area contributed by atoms with E-state index in [-0.39, 0.29) is 22.5 Å². The van der Waals surface area contributed by atoms with Crippen LogP contribution in [0.3, 0.4) is 0 Å². The van der Waals surface area contributed by atoms with E-state index in [2.05, 4.69) is 9.97 Å². The lowest BCUT2D eigenvalue weighted by Gasteiger charge is -2.13. The van der Waals surface area contributed by atoms with Gasteiger partial charge in [0.25, 0.3) is 0 Å². The number of anilines is 2. The molecule has 0 aliphatic heterocycles. The van der Waals surface area contributed by atoms with Crippen LogP contribution in [0.4, 0.5) is 11.8 Å². The molecule has 0 spiro atoms. The highest BCUT2D eigenvalue weighted by Crippen LogP contribution is 2.25. The highest BCUT2D eigenvalue weighted by molar-refractivity contribution is 6.35. The van der Waals surface area contributed by atoms with Gasteiger partial charge in [-0.2, -0.15) is 4.98 Å². The van der Waals surface area contributed by atoms with Gasteiger partial charge < -0.3 is 15.7 Å². The molecule has 1 aromatic heterocycles. The second-order valence-corrected chi connectivity index (χ2v) is 3.15. The SMILES string of the molecule is CN(C)c1nc(N)nc(C(=O)O)c1Cl. The van der Waals surface area contributed by atoms with Gasteiger partial charge in [-0.3, -0.25) is 0 Å². The summed E-state index contributed by atoms with van der Waals surface area (Å²) in [5, 5.41) is 8.73. The Morgan fingerprint density at radius 3 is 2.50 bits per heavy atom. The standard InChI is InChI=1S/C7H9ClN4O2/c1-12(2)5-3(8)4(6(13)14)10-7(9)11-5/h1-2H3,(H,13,14)(H2,9,10,11). The van der Waals surface area contributed by atoms with Crippen LogP contribution in [-0.2, 0) is 0 Å². The van der Waals surface area contributed by atoms with Crippen molar-refractivity contribution >= 4 is 29.3 Å². The van der Waals surface area contributed by atoms with Crippen molar-refractivity contribution in [2.75, 3.05) is 24.7 Å². The summed E-state index contributed by atoms with van der Waals surface area (Å²) in [7, 11) is 3.36. The van der Waals surface area contributed by atoms with E-state index >= 15 is 0 Å². The largest absolute Gasteiger partial charge is 0.476 e. The van der Waals surface area contributed by atoms with Crippen molar-refractivity contribution < 1.29 is 9.90 Å². The highest BCUT2D eigenvalue weighted by atomic mass is 35.5. The van der Waals surface area contributed by atoms with E-state index in [1.807, 2.05) is 0 Å². The number of hydrogen-bond donors (Lipinski definition) is 2. The van der Waals surface area contributed by atoms with Gasteiger partial charge in [0.15, 0.2) is 11.5 Å². The first-order valence-corrected chi connectivity index (χ1v) is 4.05. The first-order chi connectivity index (χ1) is 6.43. The van der Waals surface area contributed by atoms with Crippen LogP contribution in [0, 0.1) is 0 Å². The molecule has 0 aliphatic rings. The maximum Gasteiger partial charge on any atom is 0.356 e. The van der Waals surface area contributed by atoms with Gasteiger partial charge in [-0.15, -0.1) is 0 Å². The van der Waals surface area contributed by atoms with Crippen LogP contribution in [0.25, 0.3) is 0 Å². The second-order valence-electron chi connectivity index (χ2n) is 2.77. The number of carboxylic acid groups (broad SMARTS) is 1. The predicted molar refractivity (Wildman–Crippen MR) is 52.7 cm³/mol. The van der Waals surface area contributed by atoms with Gasteiger partial charge in [-0.1, -0.05) is 11.6 Å². The van der Waals surface area contributed by atoms with Gasteiger partial charge in [0.05, 0.1) is 0 Å². The third-order valence-electron chi connectivity index (χ3n) is 1.48. The number of carbonyl (C=O) groups is 1. The lowest BCUT2D eigenvalue weighted by molar-refractivity contribution is 0.0690. The van der Waals surface area contributed by atoms with Gasteiger partial charge in [0.2, 0.25) is 5.95 Å². The molecule has 14 heavy (non-hydrogen) atoms. The number of rotatable bonds is 2. The molecule has 7 heteroatoms. The molecule has 0 bridgehead atoms. The Morgan fingerprint density at radius 2 is 2.07 bits per heavy atom. The van der Waals surface area contributed by atoms with Crippen molar-refractivity contribution in [2.45, 2.75) is 0 Å². The maximum absolute atomic E-state index is 10.7. The Hall–Kier alpha value is -1.56. The van der Waals surface area contributed by atoms with E-state index in [1.165, 1.54) is 0 Å². The summed E-state index contributed by atoms with van der Waals surface area (Å²) in [5.74, 6) is -1.06. The zero-order valence-electron chi connectivity index (χ0n) is 7.65. The molecule has 0 unspecified atom stereocenters. The Balaban J connectivity index is 3.40. The molecular formula is C7H9ClN4O2. The first-order valence-electron chi connectivity index (χ1n) is 3.67. The van der Waals surface area contributed by atoms with E-state index < -0.39 is 5.97 Å². The van der Waals surface area contributed by atoms with Gasteiger partial charge in [-0.25, -0.2) is 9.78 Å². The minimum Gasteiger partial charge on any atom is -0.476 e. The molecule has 1 heterocycles. The normalized spacial score (nSPS) is 9.93. The summed E-state index contributed by atoms with van der Waals surface area (Å²) in [4.78, 5) is 19.6. The molecule has 0 radical (unpaired) electrons. The molecule has 76 valence electrons. The summed E-state index contributed by atoms with van der Waals surface area (Å²) >= 11 is 5.77. The Morgan fingerprint density at radius 1 is 1.50 bits per heavy atom. The van der Waals surface area contributed by atoms with Crippen molar-refractivity contribution in [3.05, 3.63) is 10.7 Å². The number of carboxylic acids is 1. The molecule has 6 nitrogen and oxygen atoms in total. The van der Waals surface area contributed by atoms with Crippen molar-refractivity contribution in [2.24, 2.45) is 0 Å². The van der Waals surface area contributed by atoms with Crippen LogP contribution >= 0.6 is 11.6 Å². The summed E-state index contributed by atoms with van der Waals surface area (Å²) < 4.78 is 0. The molecule has 0 fully saturated rings. The fourth-order valence-electron chi connectivity index (χ4n) is 0.890. The zero-order chi connectivity index (χ0) is 10.9. The van der Waals surface area contributed by atoms with Crippen LogP contribution in [0.1, 0.15) is 10.5 Å². The molecule has 0 atom stereocenters. The molecule has 0 aliphatic carbocycles. The van der Waals surface area contributed by atoms with Crippen molar-refractivity contribution in [3.63, 3.8) is 0 Å². The number of nitrogens with two attached hydrogens (primary N) is 1. The summed E-state index contributed by atoms with van der Waals surface area (Å²) in [5.41, 5.74) is 5.04. The molecule has 0 aromatic carbocycles. The predicted octanol–water partition coefficient (Wildman–Crippen LogP) is 0.476. The van der Waals surface area contributed by atoms with Crippen LogP contribution in [0.15, 0.2) is 0 Å². The quantitative estimate of drug-likeness (QED) is 0.747. The van der Waals surface area contributed by atoms with Gasteiger partial charge in [-0.05, 0) is 0 Å². The topological polar surface area (TPSA) is 92.3 Å². The maximum atomic E-state index is 10.7. The van der Waals surface area contributed by atoms with Crippen molar-refractivity contribution in [3.8, 4) is 0 Å². The average molecular weight is 217 g/mol. The fraction of sp³-hybridized carbons (Fsp3) is 0.286. The number of aromatic carboxylic acids is 1. The van der Waals surface area contributed by atoms with Crippen molar-refractivity contribution in [1.82, 2.24) is 9.97 Å². The third-order valence-corrected chi connectivity index (χ3v) is 1.83. The van der Waals surface area contributed by atoms with Gasteiger partial charge in [0, 0.05) is 14.1 Å². The van der Waals surface area contributed by atoms with E-state index in [1.54, 1.807) is 19.0 Å². The first kappa shape index (κ1) is 10.5. The van der Waals surface area contributed by atoms with E-state index in [0.717, 1.165) is 0 Å². The molecule has 0 saturated heterocycles. The van der Waals surface area contributed by atoms with Gasteiger partial charge >= 0.3 is 5.97 Å². The minimum atomic E-state index is -1.23. The van der Waals surface area contributed by atoms with E-state index in [9.17, 15) is 4.79 Å². The lowest BCUT2D eigenvalue weighted by Crippen LogP contribution is -2.16. The number of halogens is 1. The summed E-state index contributed by atoms with van der Waals surface area (Å²) in [6, 6.07) is 0. The number of nitrogen functional groups attached to an aromatic ring is 1. The van der Waals surface area contributed by atoms with E-state index in [0.29, 0.717) is 0 Å². The number of hydrogen-bond acceptors (Lipinski definition) is 5. The molecule has 1 rings (SSSR count). The Kier molecular flexibility index (Phi) is 2.76. The molecular weight excluding hydrogens is 208 g/mol. The van der Waals surface area contributed by atoms with Crippen molar-refractivity contribution in [1.29, 1.82) is 0 Å². The minimum absolute atomic E-state index is 0.0169. The van der Waals surface area contributed by atoms with Crippen LogP contribution in [0.2, 0.25) is 5.02 Å². The van der Waals surface area contributed by atoms with Crippen LogP contribution in [-0.4, -0.2) is 35.1 Å². The van der Waals surface area contributed by atoms with E-state index in [4.69, 9.17) is 22.4 Å². The number of aromatic nitrogens is 2. The summed E-state index contributed by atoms with van der Waals surface area (Å²) in [6.07, 6.45) is 0. The highest BCUT2D eigenvalue weighted by Gasteiger charge is 2.18. The molecule has 3 N–H and O–H groups in total. The fourth-order valence-corrected chi connectivity index (χ4v) is 1.22. The lowest BCUT2D eigenvalue weighted by atomic mass is 10.4. The second kappa shape index (κ2) is 3.67. The Labute approximate surface area is 85.3 Å². The summed E-state index contributed by atoms with van der Waals surface area (Å²) in [6.45, 7) is 0.